The number of amides is 2. The fourth-order valence-corrected chi connectivity index (χ4v) is 5.65. The molecule has 1 heterocycles. The van der Waals surface area contributed by atoms with Crippen LogP contribution in [0.25, 0.3) is 0 Å². The lowest BCUT2D eigenvalue weighted by Crippen LogP contribution is -2.55. The summed E-state index contributed by atoms with van der Waals surface area (Å²) in [5.41, 5.74) is 0.809. The molecule has 5 nitrogen and oxygen atoms in total. The lowest BCUT2D eigenvalue weighted by Gasteiger charge is -2.51. The van der Waals surface area contributed by atoms with Gasteiger partial charge in [-0.05, 0) is 77.9 Å². The first-order valence-electron chi connectivity index (χ1n) is 11.4. The Hall–Kier alpha value is -2.06. The molecule has 0 unspecified atom stereocenters. The van der Waals surface area contributed by atoms with Gasteiger partial charge in [0.25, 0.3) is 0 Å². The van der Waals surface area contributed by atoms with Gasteiger partial charge in [0.05, 0.1) is 17.0 Å². The van der Waals surface area contributed by atoms with Crippen molar-refractivity contribution in [2.24, 2.45) is 11.3 Å². The average Bonchev–Trinajstić information content (AvgIpc) is 3.52. The molecule has 1 aliphatic heterocycles. The maximum absolute atomic E-state index is 13.4. The summed E-state index contributed by atoms with van der Waals surface area (Å²) in [5, 5.41) is 9.51. The standard InChI is InChI=1S/C25H36N4O/c1-23(2,17-26)18-28-19-24(29(22(28)30)16-20-10-11-20)12-14-25(15-13-24,27(3)4)21-8-6-5-7-9-21/h5-9,20H,10-16,18-19H2,1-4H3/t24-,25-. The highest BCUT2D eigenvalue weighted by molar-refractivity contribution is 5.78. The van der Waals surface area contributed by atoms with Gasteiger partial charge in [-0.3, -0.25) is 4.90 Å². The Labute approximate surface area is 181 Å². The Morgan fingerprint density at radius 1 is 1.13 bits per heavy atom. The van der Waals surface area contributed by atoms with Gasteiger partial charge in [0.2, 0.25) is 0 Å². The molecular weight excluding hydrogens is 372 g/mol. The molecule has 1 aromatic rings. The zero-order valence-corrected chi connectivity index (χ0v) is 19.0. The number of nitriles is 1. The van der Waals surface area contributed by atoms with Crippen molar-refractivity contribution >= 4 is 6.03 Å². The van der Waals surface area contributed by atoms with Gasteiger partial charge < -0.3 is 9.80 Å². The Morgan fingerprint density at radius 3 is 2.30 bits per heavy atom. The zero-order valence-electron chi connectivity index (χ0n) is 19.0. The molecule has 2 saturated carbocycles. The van der Waals surface area contributed by atoms with Gasteiger partial charge >= 0.3 is 6.03 Å². The van der Waals surface area contributed by atoms with E-state index in [-0.39, 0.29) is 17.1 Å². The number of carbonyl (C=O) groups excluding carboxylic acids is 1. The maximum Gasteiger partial charge on any atom is 0.320 e. The van der Waals surface area contributed by atoms with Crippen LogP contribution in [0.4, 0.5) is 4.79 Å². The summed E-state index contributed by atoms with van der Waals surface area (Å²) in [4.78, 5) is 20.0. The number of carbonyl (C=O) groups is 1. The minimum Gasteiger partial charge on any atom is -0.321 e. The third kappa shape index (κ3) is 3.71. The molecule has 1 aromatic carbocycles. The summed E-state index contributed by atoms with van der Waals surface area (Å²) < 4.78 is 0. The lowest BCUT2D eigenvalue weighted by molar-refractivity contribution is 0.0231. The van der Waals surface area contributed by atoms with Crippen LogP contribution in [0.5, 0.6) is 0 Å². The molecule has 4 rings (SSSR count). The highest BCUT2D eigenvalue weighted by Crippen LogP contribution is 2.50. The molecule has 162 valence electrons. The second-order valence-electron chi connectivity index (χ2n) is 10.7. The van der Waals surface area contributed by atoms with Crippen molar-refractivity contribution in [1.82, 2.24) is 14.7 Å². The molecule has 0 radical (unpaired) electrons. The maximum atomic E-state index is 13.4. The molecule has 1 saturated heterocycles. The summed E-state index contributed by atoms with van der Waals surface area (Å²) in [7, 11) is 4.38. The molecule has 0 N–H and O–H groups in total. The molecular formula is C25H36N4O. The van der Waals surface area contributed by atoms with Crippen LogP contribution in [0.3, 0.4) is 0 Å². The van der Waals surface area contributed by atoms with Gasteiger partial charge in [0.1, 0.15) is 0 Å². The monoisotopic (exact) mass is 408 g/mol. The highest BCUT2D eigenvalue weighted by atomic mass is 16.2. The van der Waals surface area contributed by atoms with E-state index in [0.717, 1.165) is 38.8 Å². The molecule has 0 bridgehead atoms. The summed E-state index contributed by atoms with van der Waals surface area (Å²) in [6.07, 6.45) is 6.62. The van der Waals surface area contributed by atoms with E-state index in [0.29, 0.717) is 12.5 Å². The van der Waals surface area contributed by atoms with Crippen LogP contribution in [0.2, 0.25) is 0 Å². The van der Waals surface area contributed by atoms with Gasteiger partial charge in [0, 0.05) is 25.2 Å². The SMILES string of the molecule is CN(C)[C@]1(c2ccccc2)CC[C@@]2(CC1)CN(CC(C)(C)C#N)C(=O)N2CC1CC1. The number of hydrogen-bond donors (Lipinski definition) is 0. The molecule has 3 aliphatic rings. The van der Waals surface area contributed by atoms with Gasteiger partial charge in [-0.2, -0.15) is 5.26 Å². The zero-order chi connectivity index (χ0) is 21.6. The highest BCUT2D eigenvalue weighted by Gasteiger charge is 2.55. The van der Waals surface area contributed by atoms with E-state index in [1.807, 2.05) is 18.7 Å². The van der Waals surface area contributed by atoms with Crippen molar-refractivity contribution in [2.75, 3.05) is 33.7 Å². The van der Waals surface area contributed by atoms with Crippen LogP contribution in [0.15, 0.2) is 30.3 Å². The molecule has 0 aromatic heterocycles. The minimum atomic E-state index is -0.515. The van der Waals surface area contributed by atoms with Crippen molar-refractivity contribution in [3.63, 3.8) is 0 Å². The molecule has 3 fully saturated rings. The van der Waals surface area contributed by atoms with E-state index in [9.17, 15) is 10.1 Å². The Morgan fingerprint density at radius 2 is 1.77 bits per heavy atom. The third-order valence-electron chi connectivity index (χ3n) is 7.76. The number of urea groups is 1. The van der Waals surface area contributed by atoms with E-state index >= 15 is 0 Å². The molecule has 2 amide bonds. The third-order valence-corrected chi connectivity index (χ3v) is 7.76. The van der Waals surface area contributed by atoms with E-state index in [2.05, 4.69) is 60.3 Å². The molecule has 5 heteroatoms. The van der Waals surface area contributed by atoms with Crippen molar-refractivity contribution in [2.45, 2.75) is 63.5 Å². The minimum absolute atomic E-state index is 0.0279. The van der Waals surface area contributed by atoms with Gasteiger partial charge in [-0.25, -0.2) is 4.79 Å². The molecule has 2 aliphatic carbocycles. The largest absolute Gasteiger partial charge is 0.321 e. The first-order valence-corrected chi connectivity index (χ1v) is 11.4. The predicted molar refractivity (Wildman–Crippen MR) is 119 cm³/mol. The summed E-state index contributed by atoms with van der Waals surface area (Å²) in [5.74, 6) is 0.671. The van der Waals surface area contributed by atoms with E-state index in [4.69, 9.17) is 0 Å². The molecule has 30 heavy (non-hydrogen) atoms. The Balaban J connectivity index is 1.59. The van der Waals surface area contributed by atoms with Gasteiger partial charge in [-0.15, -0.1) is 0 Å². The summed E-state index contributed by atoms with van der Waals surface area (Å²) in [6, 6.07) is 13.4. The van der Waals surface area contributed by atoms with E-state index in [1.54, 1.807) is 0 Å². The number of benzene rings is 1. The normalized spacial score (nSPS) is 29.7. The first kappa shape index (κ1) is 21.2. The number of hydrogen-bond acceptors (Lipinski definition) is 3. The Bertz CT molecular complexity index is 813. The molecule has 0 atom stereocenters. The Kier molecular flexibility index (Phi) is 5.34. The predicted octanol–water partition coefficient (Wildman–Crippen LogP) is 4.45. The van der Waals surface area contributed by atoms with Crippen LogP contribution in [-0.4, -0.2) is 60.0 Å². The van der Waals surface area contributed by atoms with Crippen molar-refractivity contribution < 1.29 is 4.79 Å². The fraction of sp³-hybridized carbons (Fsp3) is 0.680. The average molecular weight is 409 g/mol. The summed E-state index contributed by atoms with van der Waals surface area (Å²) in [6.45, 7) is 6.04. The van der Waals surface area contributed by atoms with Gasteiger partial charge in [-0.1, -0.05) is 30.3 Å². The van der Waals surface area contributed by atoms with Crippen LogP contribution in [-0.2, 0) is 5.54 Å². The van der Waals surface area contributed by atoms with Crippen LogP contribution in [0.1, 0.15) is 57.9 Å². The van der Waals surface area contributed by atoms with Crippen LogP contribution in [0, 0.1) is 22.7 Å². The topological polar surface area (TPSA) is 50.6 Å². The number of nitrogens with zero attached hydrogens (tertiary/aromatic N) is 4. The fourth-order valence-electron chi connectivity index (χ4n) is 5.65. The summed E-state index contributed by atoms with van der Waals surface area (Å²) >= 11 is 0. The van der Waals surface area contributed by atoms with E-state index < -0.39 is 5.41 Å². The second kappa shape index (κ2) is 7.57. The van der Waals surface area contributed by atoms with Crippen molar-refractivity contribution in [1.29, 1.82) is 5.26 Å². The number of rotatable bonds is 6. The lowest BCUT2D eigenvalue weighted by atomic mass is 9.68. The first-order chi connectivity index (χ1) is 14.2. The smallest absolute Gasteiger partial charge is 0.320 e. The second-order valence-corrected chi connectivity index (χ2v) is 10.7. The molecule has 1 spiro atoms. The quantitative estimate of drug-likeness (QED) is 0.699. The van der Waals surface area contributed by atoms with Crippen molar-refractivity contribution in [3.05, 3.63) is 35.9 Å². The van der Waals surface area contributed by atoms with Crippen LogP contribution >= 0.6 is 0 Å². The van der Waals surface area contributed by atoms with Gasteiger partial charge in [0.15, 0.2) is 0 Å². The van der Waals surface area contributed by atoms with Crippen molar-refractivity contribution in [3.8, 4) is 6.07 Å². The van der Waals surface area contributed by atoms with E-state index in [1.165, 1.54) is 18.4 Å². The van der Waals surface area contributed by atoms with Crippen LogP contribution < -0.4 is 0 Å².